The summed E-state index contributed by atoms with van der Waals surface area (Å²) in [7, 11) is 0. The molecule has 1 aromatic rings. The Hall–Kier alpha value is -2.24. The van der Waals surface area contributed by atoms with Crippen molar-refractivity contribution in [3.63, 3.8) is 0 Å². The molecule has 5 rings (SSSR count). The number of hydrogen-bond donors (Lipinski definition) is 0. The summed E-state index contributed by atoms with van der Waals surface area (Å²) >= 11 is 0. The van der Waals surface area contributed by atoms with Gasteiger partial charge >= 0.3 is 0 Å². The van der Waals surface area contributed by atoms with E-state index >= 15 is 0 Å². The Morgan fingerprint density at radius 3 is 2.32 bits per heavy atom. The van der Waals surface area contributed by atoms with Crippen molar-refractivity contribution in [3.05, 3.63) is 34.0 Å². The Balaban J connectivity index is 1.73. The van der Waals surface area contributed by atoms with Crippen LogP contribution < -0.4 is 10.7 Å². The van der Waals surface area contributed by atoms with Crippen LogP contribution in [0.25, 0.3) is 0 Å². The van der Waals surface area contributed by atoms with Crippen LogP contribution in [-0.4, -0.2) is 49.2 Å². The number of ether oxygens (including phenoxy) is 2. The third-order valence-corrected chi connectivity index (χ3v) is 6.23. The first-order valence-electron chi connectivity index (χ1n) is 10.3. The van der Waals surface area contributed by atoms with E-state index < -0.39 is 5.54 Å². The molecule has 6 heteroatoms. The third-order valence-electron chi connectivity index (χ3n) is 6.23. The summed E-state index contributed by atoms with van der Waals surface area (Å²) in [6.07, 6.45) is 1.81. The van der Waals surface area contributed by atoms with Gasteiger partial charge in [-0.05, 0) is 62.8 Å². The maximum atomic E-state index is 5.91. The summed E-state index contributed by atoms with van der Waals surface area (Å²) in [6, 6.07) is 4.47. The van der Waals surface area contributed by atoms with Crippen LogP contribution in [0, 0.1) is 0 Å². The van der Waals surface area contributed by atoms with Crippen molar-refractivity contribution in [3.8, 4) is 0 Å². The van der Waals surface area contributed by atoms with Crippen LogP contribution in [0.4, 0.5) is 0 Å². The van der Waals surface area contributed by atoms with E-state index in [1.54, 1.807) is 0 Å². The molecular formula is C22H28N4O2. The van der Waals surface area contributed by atoms with E-state index in [0.29, 0.717) is 25.7 Å². The zero-order valence-electron chi connectivity index (χ0n) is 17.2. The number of hydrogen-bond acceptors (Lipinski definition) is 6. The minimum Gasteiger partial charge on any atom is -0.479 e. The highest BCUT2D eigenvalue weighted by Gasteiger charge is 2.43. The largest absolute Gasteiger partial charge is 0.479 e. The SMILES string of the molecule is CC1CC(C)(C)N=c2cc3c(cc21)=NC(C)(C1=NCCO1)CC3C1=NCCO1. The molecule has 4 heterocycles. The Kier molecular flexibility index (Phi) is 3.90. The molecule has 0 saturated heterocycles. The van der Waals surface area contributed by atoms with E-state index in [9.17, 15) is 0 Å². The predicted octanol–water partition coefficient (Wildman–Crippen LogP) is 2.32. The summed E-state index contributed by atoms with van der Waals surface area (Å²) in [4.78, 5) is 19.4. The summed E-state index contributed by atoms with van der Waals surface area (Å²) in [6.45, 7) is 11.6. The molecule has 4 aliphatic heterocycles. The number of aliphatic imine (C=N–C) groups is 2. The standard InChI is InChI=1S/C22H28N4O2/c1-13-11-21(2,3)25-17-10-15-16(19-23-5-7-27-19)12-22(4,20-24-6-8-28-20)26-18(15)9-14(13)17/h9-10,13,16H,5-8,11-12H2,1-4H3. The molecule has 0 saturated carbocycles. The van der Waals surface area contributed by atoms with Gasteiger partial charge in [0, 0.05) is 0 Å². The van der Waals surface area contributed by atoms with E-state index in [4.69, 9.17) is 19.5 Å². The van der Waals surface area contributed by atoms with Gasteiger partial charge in [0.05, 0.1) is 35.3 Å². The molecule has 0 amide bonds. The van der Waals surface area contributed by atoms with Crippen molar-refractivity contribution >= 4 is 11.8 Å². The number of fused-ring (bicyclic) bond motifs is 2. The Morgan fingerprint density at radius 1 is 0.893 bits per heavy atom. The average Bonchev–Trinajstić information content (AvgIpc) is 3.33. The van der Waals surface area contributed by atoms with Crippen LogP contribution in [-0.2, 0) is 9.47 Å². The monoisotopic (exact) mass is 380 g/mol. The summed E-state index contributed by atoms with van der Waals surface area (Å²) in [5, 5.41) is 2.11. The molecule has 6 nitrogen and oxygen atoms in total. The Bertz CT molecular complexity index is 1010. The first kappa shape index (κ1) is 17.8. The molecule has 0 radical (unpaired) electrons. The molecule has 0 fully saturated rings. The van der Waals surface area contributed by atoms with E-state index in [1.807, 2.05) is 0 Å². The summed E-state index contributed by atoms with van der Waals surface area (Å²) in [5.41, 5.74) is 1.94. The highest BCUT2D eigenvalue weighted by Crippen LogP contribution is 2.36. The van der Waals surface area contributed by atoms with Gasteiger partial charge in [-0.25, -0.2) is 4.99 Å². The van der Waals surface area contributed by atoms with E-state index in [-0.39, 0.29) is 11.5 Å². The molecule has 4 aliphatic rings. The van der Waals surface area contributed by atoms with Gasteiger partial charge in [0.25, 0.3) is 0 Å². The fraction of sp³-hybridized carbons (Fsp3) is 0.636. The first-order valence-corrected chi connectivity index (χ1v) is 10.3. The van der Waals surface area contributed by atoms with Gasteiger partial charge in [-0.3, -0.25) is 15.0 Å². The smallest absolute Gasteiger partial charge is 0.212 e. The molecule has 28 heavy (non-hydrogen) atoms. The second kappa shape index (κ2) is 6.13. The maximum Gasteiger partial charge on any atom is 0.212 e. The van der Waals surface area contributed by atoms with Gasteiger partial charge in [-0.2, -0.15) is 0 Å². The zero-order valence-corrected chi connectivity index (χ0v) is 17.2. The number of benzene rings is 1. The predicted molar refractivity (Wildman–Crippen MR) is 108 cm³/mol. The van der Waals surface area contributed by atoms with Crippen LogP contribution in [0.1, 0.15) is 63.5 Å². The van der Waals surface area contributed by atoms with Crippen molar-refractivity contribution in [2.24, 2.45) is 20.0 Å². The van der Waals surface area contributed by atoms with Crippen molar-refractivity contribution in [2.75, 3.05) is 26.3 Å². The lowest BCUT2D eigenvalue weighted by Crippen LogP contribution is -2.45. The Labute approximate surface area is 165 Å². The molecule has 0 aliphatic carbocycles. The summed E-state index contributed by atoms with van der Waals surface area (Å²) < 4.78 is 11.7. The van der Waals surface area contributed by atoms with Crippen LogP contribution in [0.2, 0.25) is 0 Å². The van der Waals surface area contributed by atoms with Gasteiger partial charge in [0.2, 0.25) is 5.90 Å². The van der Waals surface area contributed by atoms with E-state index in [1.165, 1.54) is 11.1 Å². The van der Waals surface area contributed by atoms with Gasteiger partial charge in [0.15, 0.2) is 5.90 Å². The molecule has 148 valence electrons. The van der Waals surface area contributed by atoms with Crippen molar-refractivity contribution in [2.45, 2.75) is 63.5 Å². The lowest BCUT2D eigenvalue weighted by molar-refractivity contribution is 0.293. The molecule has 0 spiro atoms. The quantitative estimate of drug-likeness (QED) is 0.790. The lowest BCUT2D eigenvalue weighted by atomic mass is 9.78. The fourth-order valence-corrected chi connectivity index (χ4v) is 5.11. The average molecular weight is 380 g/mol. The topological polar surface area (TPSA) is 67.9 Å². The van der Waals surface area contributed by atoms with Crippen LogP contribution in [0.15, 0.2) is 32.1 Å². The highest BCUT2D eigenvalue weighted by molar-refractivity contribution is 5.91. The van der Waals surface area contributed by atoms with Gasteiger partial charge < -0.3 is 9.47 Å². The highest BCUT2D eigenvalue weighted by atomic mass is 16.5. The summed E-state index contributed by atoms with van der Waals surface area (Å²) in [5.74, 6) is 2.09. The van der Waals surface area contributed by atoms with Crippen LogP contribution >= 0.6 is 0 Å². The molecule has 0 N–H and O–H groups in total. The van der Waals surface area contributed by atoms with Crippen LogP contribution in [0.3, 0.4) is 0 Å². The van der Waals surface area contributed by atoms with E-state index in [2.05, 4.69) is 49.8 Å². The first-order chi connectivity index (χ1) is 13.3. The molecule has 0 aromatic heterocycles. The molecule has 0 bridgehead atoms. The van der Waals surface area contributed by atoms with Crippen LogP contribution in [0.5, 0.6) is 0 Å². The second-order valence-corrected chi connectivity index (χ2v) is 9.25. The minimum absolute atomic E-state index is 0.0374. The molecule has 3 atom stereocenters. The number of rotatable bonds is 2. The zero-order chi connectivity index (χ0) is 19.5. The molecule has 1 aromatic carbocycles. The van der Waals surface area contributed by atoms with Crippen molar-refractivity contribution < 1.29 is 9.47 Å². The van der Waals surface area contributed by atoms with Gasteiger partial charge in [0.1, 0.15) is 18.8 Å². The number of nitrogens with zero attached hydrogens (tertiary/aromatic N) is 4. The molecule has 3 unspecified atom stereocenters. The normalized spacial score (nSPS) is 32.7. The Morgan fingerprint density at radius 2 is 1.61 bits per heavy atom. The van der Waals surface area contributed by atoms with Gasteiger partial charge in [-0.15, -0.1) is 0 Å². The molecular weight excluding hydrogens is 352 g/mol. The fourth-order valence-electron chi connectivity index (χ4n) is 5.11. The van der Waals surface area contributed by atoms with Crippen molar-refractivity contribution in [1.29, 1.82) is 0 Å². The maximum absolute atomic E-state index is 5.91. The van der Waals surface area contributed by atoms with Gasteiger partial charge in [-0.1, -0.05) is 6.92 Å². The minimum atomic E-state index is -0.481. The van der Waals surface area contributed by atoms with E-state index in [0.717, 1.165) is 41.9 Å². The third kappa shape index (κ3) is 2.85. The lowest BCUT2D eigenvalue weighted by Gasteiger charge is -2.35. The van der Waals surface area contributed by atoms with Crippen molar-refractivity contribution in [1.82, 2.24) is 0 Å². The second-order valence-electron chi connectivity index (χ2n) is 9.25.